The summed E-state index contributed by atoms with van der Waals surface area (Å²) < 4.78 is 0. The van der Waals surface area contributed by atoms with Gasteiger partial charge in [0.05, 0.1) is 5.52 Å². The van der Waals surface area contributed by atoms with Crippen molar-refractivity contribution < 1.29 is 0 Å². The van der Waals surface area contributed by atoms with E-state index in [0.29, 0.717) is 12.0 Å². The minimum atomic E-state index is 0.408. The van der Waals surface area contributed by atoms with Crippen LogP contribution in [-0.2, 0) is 13.0 Å². The van der Waals surface area contributed by atoms with Crippen molar-refractivity contribution in [2.75, 3.05) is 37.4 Å². The summed E-state index contributed by atoms with van der Waals surface area (Å²) in [5.74, 6) is 1.73. The highest BCUT2D eigenvalue weighted by Crippen LogP contribution is 2.29. The summed E-state index contributed by atoms with van der Waals surface area (Å²) in [5, 5.41) is 4.54. The van der Waals surface area contributed by atoms with E-state index in [1.165, 1.54) is 11.1 Å². The van der Waals surface area contributed by atoms with Crippen LogP contribution in [0.2, 0.25) is 0 Å². The Balaban J connectivity index is 1.67. The number of rotatable bonds is 5. The molecule has 5 heteroatoms. The first kappa shape index (κ1) is 17.7. The van der Waals surface area contributed by atoms with Gasteiger partial charge < -0.3 is 15.1 Å². The molecule has 0 radical (unpaired) electrons. The van der Waals surface area contributed by atoms with E-state index in [-0.39, 0.29) is 0 Å². The Morgan fingerprint density at radius 1 is 1.04 bits per heavy atom. The standard InChI is InChI=1S/C22H27N5/c1-16(26(2)3)14-23-22-24-20-11-7-6-10-19(20)21(25-22)27-13-12-17-8-4-5-9-18(17)15-27/h4-11,16H,12-15H2,1-3H3,(H,23,24,25). The monoisotopic (exact) mass is 361 g/mol. The predicted octanol–water partition coefficient (Wildman–Crippen LogP) is 3.55. The zero-order valence-electron chi connectivity index (χ0n) is 16.3. The zero-order chi connectivity index (χ0) is 18.8. The van der Waals surface area contributed by atoms with Crippen molar-refractivity contribution >= 4 is 22.7 Å². The molecular formula is C22H27N5. The normalized spacial score (nSPS) is 15.0. The Bertz CT molecular complexity index is 937. The van der Waals surface area contributed by atoms with Crippen molar-refractivity contribution in [1.29, 1.82) is 0 Å². The van der Waals surface area contributed by atoms with Crippen LogP contribution >= 0.6 is 0 Å². The van der Waals surface area contributed by atoms with Gasteiger partial charge in [0.2, 0.25) is 5.95 Å². The fraction of sp³-hybridized carbons (Fsp3) is 0.364. The molecule has 0 spiro atoms. The third-order valence-electron chi connectivity index (χ3n) is 5.45. The molecule has 1 aliphatic rings. The number of hydrogen-bond acceptors (Lipinski definition) is 5. The number of likely N-dealkylation sites (N-methyl/N-ethyl adjacent to an activating group) is 1. The van der Waals surface area contributed by atoms with Crippen LogP contribution in [0.5, 0.6) is 0 Å². The number of aromatic nitrogens is 2. The number of nitrogens with one attached hydrogen (secondary N) is 1. The molecule has 1 aliphatic heterocycles. The number of benzene rings is 2. The van der Waals surface area contributed by atoms with Crippen molar-refractivity contribution in [3.8, 4) is 0 Å². The first-order valence-corrected chi connectivity index (χ1v) is 9.60. The number of nitrogens with zero attached hydrogens (tertiary/aromatic N) is 4. The summed E-state index contributed by atoms with van der Waals surface area (Å²) in [6.45, 7) is 4.88. The van der Waals surface area contributed by atoms with Gasteiger partial charge in [-0.3, -0.25) is 0 Å². The Labute approximate surface area is 161 Å². The van der Waals surface area contributed by atoms with E-state index in [0.717, 1.165) is 42.8 Å². The lowest BCUT2D eigenvalue weighted by molar-refractivity contribution is 0.326. The van der Waals surface area contributed by atoms with Gasteiger partial charge in [0.1, 0.15) is 5.82 Å². The molecule has 0 bridgehead atoms. The molecule has 0 fully saturated rings. The molecule has 0 saturated heterocycles. The van der Waals surface area contributed by atoms with Gasteiger partial charge in [-0.1, -0.05) is 36.4 Å². The molecule has 0 amide bonds. The largest absolute Gasteiger partial charge is 0.353 e. The summed E-state index contributed by atoms with van der Waals surface area (Å²) >= 11 is 0. The van der Waals surface area contributed by atoms with Crippen LogP contribution in [0.4, 0.5) is 11.8 Å². The number of anilines is 2. The SMILES string of the molecule is CC(CNc1nc(N2CCc3ccccc3C2)c2ccccc2n1)N(C)C. The molecule has 2 aromatic carbocycles. The minimum Gasteiger partial charge on any atom is -0.353 e. The van der Waals surface area contributed by atoms with Crippen LogP contribution in [0.1, 0.15) is 18.1 Å². The van der Waals surface area contributed by atoms with Crippen LogP contribution < -0.4 is 10.2 Å². The highest BCUT2D eigenvalue weighted by molar-refractivity contribution is 5.90. The molecule has 1 aromatic heterocycles. The van der Waals surface area contributed by atoms with Gasteiger partial charge in [-0.05, 0) is 50.7 Å². The van der Waals surface area contributed by atoms with E-state index in [2.05, 4.69) is 78.6 Å². The lowest BCUT2D eigenvalue weighted by Crippen LogP contribution is -2.33. The first-order valence-electron chi connectivity index (χ1n) is 9.60. The quantitative estimate of drug-likeness (QED) is 0.753. The van der Waals surface area contributed by atoms with Crippen LogP contribution in [0.3, 0.4) is 0 Å². The fourth-order valence-corrected chi connectivity index (χ4v) is 3.48. The van der Waals surface area contributed by atoms with E-state index in [1.807, 2.05) is 6.07 Å². The average Bonchev–Trinajstić information content (AvgIpc) is 2.70. The second kappa shape index (κ2) is 7.53. The van der Waals surface area contributed by atoms with Crippen LogP contribution in [0.15, 0.2) is 48.5 Å². The van der Waals surface area contributed by atoms with Gasteiger partial charge >= 0.3 is 0 Å². The van der Waals surface area contributed by atoms with Gasteiger partial charge in [0.15, 0.2) is 0 Å². The minimum absolute atomic E-state index is 0.408. The lowest BCUT2D eigenvalue weighted by Gasteiger charge is -2.31. The molecule has 4 rings (SSSR count). The molecule has 1 atom stereocenters. The predicted molar refractivity (Wildman–Crippen MR) is 112 cm³/mol. The van der Waals surface area contributed by atoms with Crippen LogP contribution in [0, 0.1) is 0 Å². The Morgan fingerprint density at radius 3 is 2.59 bits per heavy atom. The summed E-state index contributed by atoms with van der Waals surface area (Å²) in [4.78, 5) is 14.2. The average molecular weight is 361 g/mol. The van der Waals surface area contributed by atoms with Gasteiger partial charge in [0.25, 0.3) is 0 Å². The van der Waals surface area contributed by atoms with E-state index >= 15 is 0 Å². The Kier molecular flexibility index (Phi) is 4.94. The van der Waals surface area contributed by atoms with Gasteiger partial charge in [0, 0.05) is 31.1 Å². The molecule has 27 heavy (non-hydrogen) atoms. The molecule has 140 valence electrons. The smallest absolute Gasteiger partial charge is 0.225 e. The highest BCUT2D eigenvalue weighted by atomic mass is 15.2. The summed E-state index contributed by atoms with van der Waals surface area (Å²) in [6.07, 6.45) is 1.05. The topological polar surface area (TPSA) is 44.3 Å². The van der Waals surface area contributed by atoms with Crippen molar-refractivity contribution in [3.63, 3.8) is 0 Å². The van der Waals surface area contributed by atoms with Crippen LogP contribution in [0.25, 0.3) is 10.9 Å². The lowest BCUT2D eigenvalue weighted by atomic mass is 10.00. The summed E-state index contributed by atoms with van der Waals surface area (Å²) in [5.41, 5.74) is 3.83. The second-order valence-electron chi connectivity index (χ2n) is 7.52. The molecule has 0 saturated carbocycles. The number of para-hydroxylation sites is 1. The van der Waals surface area contributed by atoms with Gasteiger partial charge in [-0.15, -0.1) is 0 Å². The van der Waals surface area contributed by atoms with Crippen LogP contribution in [-0.4, -0.2) is 48.1 Å². The highest BCUT2D eigenvalue weighted by Gasteiger charge is 2.20. The molecule has 3 aromatic rings. The molecule has 5 nitrogen and oxygen atoms in total. The maximum Gasteiger partial charge on any atom is 0.225 e. The summed E-state index contributed by atoms with van der Waals surface area (Å²) in [6, 6.07) is 17.4. The molecule has 1 unspecified atom stereocenters. The molecule has 2 heterocycles. The number of hydrogen-bond donors (Lipinski definition) is 1. The Morgan fingerprint density at radius 2 is 1.78 bits per heavy atom. The van der Waals surface area contributed by atoms with E-state index in [9.17, 15) is 0 Å². The van der Waals surface area contributed by atoms with E-state index < -0.39 is 0 Å². The summed E-state index contributed by atoms with van der Waals surface area (Å²) in [7, 11) is 4.18. The van der Waals surface area contributed by atoms with E-state index in [4.69, 9.17) is 9.97 Å². The fourth-order valence-electron chi connectivity index (χ4n) is 3.48. The van der Waals surface area contributed by atoms with Crippen molar-refractivity contribution in [2.45, 2.75) is 25.9 Å². The van der Waals surface area contributed by atoms with Crippen molar-refractivity contribution in [2.24, 2.45) is 0 Å². The maximum absolute atomic E-state index is 4.91. The second-order valence-corrected chi connectivity index (χ2v) is 7.52. The zero-order valence-corrected chi connectivity index (χ0v) is 16.3. The van der Waals surface area contributed by atoms with Gasteiger partial charge in [-0.25, -0.2) is 4.98 Å². The third kappa shape index (κ3) is 3.74. The van der Waals surface area contributed by atoms with Crippen molar-refractivity contribution in [3.05, 3.63) is 59.7 Å². The molecular weight excluding hydrogens is 334 g/mol. The first-order chi connectivity index (χ1) is 13.1. The molecule has 1 N–H and O–H groups in total. The third-order valence-corrected chi connectivity index (χ3v) is 5.45. The maximum atomic E-state index is 4.91. The van der Waals surface area contributed by atoms with E-state index in [1.54, 1.807) is 0 Å². The Hall–Kier alpha value is -2.66. The van der Waals surface area contributed by atoms with Gasteiger partial charge in [-0.2, -0.15) is 4.98 Å². The van der Waals surface area contributed by atoms with Crippen molar-refractivity contribution in [1.82, 2.24) is 14.9 Å². The number of fused-ring (bicyclic) bond motifs is 2. The molecule has 0 aliphatic carbocycles.